The van der Waals surface area contributed by atoms with E-state index in [-0.39, 0.29) is 291 Å². The van der Waals surface area contributed by atoms with Gasteiger partial charge in [0.25, 0.3) is 0 Å². The third kappa shape index (κ3) is 525. The normalized spacial score (nSPS) is 8.07. The smallest absolute Gasteiger partial charge is 2.00 e. The molecule has 16 nitrogen and oxygen atoms in total. The van der Waals surface area contributed by atoms with E-state index in [9.17, 15) is 0 Å². The first-order valence-electron chi connectivity index (χ1n) is 2.96. The summed E-state index contributed by atoms with van der Waals surface area (Å²) in [7, 11) is -18.6. The molecule has 0 bridgehead atoms. The Kier molecular flexibility index (Phi) is 128. The second-order valence-corrected chi connectivity index (χ2v) is 5.77. The van der Waals surface area contributed by atoms with Crippen molar-refractivity contribution < 1.29 is 73.5 Å². The monoisotopic (exact) mass is 736 g/mol. The van der Waals surface area contributed by atoms with Crippen LogP contribution in [0.2, 0.25) is 0 Å². The molecule has 0 spiro atoms. The van der Waals surface area contributed by atoms with Crippen LogP contribution in [0.15, 0.2) is 0 Å². The first-order valence-corrected chi connectivity index (χ1v) is 8.89. The zero-order valence-electron chi connectivity index (χ0n) is 14.4. The van der Waals surface area contributed by atoms with Gasteiger partial charge >= 0.3 is 301 Å². The van der Waals surface area contributed by atoms with Gasteiger partial charge in [0.2, 0.25) is 0 Å². The van der Waals surface area contributed by atoms with Crippen LogP contribution in [0.25, 0.3) is 0 Å². The van der Waals surface area contributed by atoms with Crippen molar-refractivity contribution in [2.75, 3.05) is 0 Å². The van der Waals surface area contributed by atoms with E-state index >= 15 is 0 Å². The van der Waals surface area contributed by atoms with Gasteiger partial charge in [0.15, 0.2) is 0 Å². The zero-order chi connectivity index (χ0) is 18.0. The molecule has 0 amide bonds. The number of hydrogen-bond donors (Lipinski definition) is 10. The van der Waals surface area contributed by atoms with Gasteiger partial charge in [-0.1, -0.05) is 0 Å². The molecular weight excluding hydrogens is 727 g/mol. The number of rotatable bonds is 0. The second kappa shape index (κ2) is 44.5. The minimum absolute atomic E-state index is 0. The molecule has 0 fully saturated rings. The van der Waals surface area contributed by atoms with Crippen molar-refractivity contribution >= 4 is 328 Å². The zero-order valence-corrected chi connectivity index (χ0v) is 34.9. The van der Waals surface area contributed by atoms with Crippen LogP contribution in [-0.4, -0.2) is 329 Å². The summed E-state index contributed by atoms with van der Waals surface area (Å²) in [6.07, 6.45) is 0. The summed E-state index contributed by atoms with van der Waals surface area (Å²) in [6.45, 7) is 0. The van der Waals surface area contributed by atoms with Crippen LogP contribution in [-0.2, 0) is 56.9 Å². The van der Waals surface area contributed by atoms with E-state index in [1.165, 1.54) is 0 Å². The Labute approximate surface area is 390 Å². The van der Waals surface area contributed by atoms with E-state index in [0.29, 0.717) is 0 Å². The predicted octanol–water partition coefficient (Wildman–Crippen LogP) is -5.83. The number of hydrogen-bond acceptors (Lipinski definition) is 6. The Morgan fingerprint density at radius 3 is 0.414 bits per heavy atom. The van der Waals surface area contributed by atoms with Crippen LogP contribution in [0.5, 0.6) is 0 Å². The van der Waals surface area contributed by atoms with Gasteiger partial charge in [-0.2, -0.15) is 16.8 Å². The Morgan fingerprint density at radius 1 is 0.414 bits per heavy atom. The molecule has 0 radical (unpaired) electrons. The summed E-state index contributed by atoms with van der Waals surface area (Å²) < 4.78 is 80.9. The summed E-state index contributed by atoms with van der Waals surface area (Å²) in [4.78, 5) is 43.1. The van der Waals surface area contributed by atoms with E-state index < -0.39 is 36.4 Å². The molecule has 0 aromatic rings. The fourth-order valence-electron chi connectivity index (χ4n) is 0. The third-order valence-corrected chi connectivity index (χ3v) is 0. The second-order valence-electron chi connectivity index (χ2n) is 1.92. The van der Waals surface area contributed by atoms with Crippen molar-refractivity contribution in [3.8, 4) is 0 Å². The fourth-order valence-corrected chi connectivity index (χ4v) is 0. The summed E-state index contributed by atoms with van der Waals surface area (Å²) in [5.74, 6) is 0. The molecule has 0 aliphatic carbocycles. The van der Waals surface area contributed by atoms with Crippen molar-refractivity contribution in [1.82, 2.24) is 0 Å². The Hall–Kier alpha value is 9.48. The van der Waals surface area contributed by atoms with E-state index in [0.717, 1.165) is 0 Å². The molecule has 0 saturated carbocycles. The molecule has 10 N–H and O–H groups in total. The first kappa shape index (κ1) is 83.3. The van der Waals surface area contributed by atoms with Crippen molar-refractivity contribution in [3.63, 3.8) is 0 Å². The molecule has 0 aromatic heterocycles. The average molecular weight is 737 g/mol. The SMILES string of the molecule is O=P(O)(O)O.O=P(O)(O)O.O=S(=O)(O)O.O=S(=O)(O)O.[Ca+2].[Ca+2].[Ca+2].[Ca+2].[Ca+2].[Ca+2].[Ca+2].[S-2].[S-2]. The van der Waals surface area contributed by atoms with Crippen LogP contribution in [0.1, 0.15) is 0 Å². The van der Waals surface area contributed by atoms with E-state index in [1.54, 1.807) is 0 Å². The molecule has 0 atom stereocenters. The van der Waals surface area contributed by atoms with Gasteiger partial charge in [0.1, 0.15) is 0 Å². The van der Waals surface area contributed by atoms with E-state index in [1.807, 2.05) is 0 Å². The Bertz CT molecular complexity index is 453. The van der Waals surface area contributed by atoms with E-state index in [2.05, 4.69) is 0 Å². The third-order valence-electron chi connectivity index (χ3n) is 0. The minimum Gasteiger partial charge on any atom is -2.00 e. The van der Waals surface area contributed by atoms with Crippen LogP contribution in [0.4, 0.5) is 0 Å². The maximum absolute atomic E-state index is 8.88. The molecule has 0 saturated heterocycles. The van der Waals surface area contributed by atoms with Crippen molar-refractivity contribution in [3.05, 3.63) is 0 Å². The molecule has 144 valence electrons. The maximum atomic E-state index is 8.88. The summed E-state index contributed by atoms with van der Waals surface area (Å²) in [5, 5.41) is 0. The first-order chi connectivity index (χ1) is 8.00. The van der Waals surface area contributed by atoms with Crippen LogP contribution >= 0.6 is 15.6 Å². The Morgan fingerprint density at radius 2 is 0.414 bits per heavy atom. The largest absolute Gasteiger partial charge is 2.00 e. The van der Waals surface area contributed by atoms with Gasteiger partial charge in [0, 0.05) is 0 Å². The maximum Gasteiger partial charge on any atom is 2.00 e. The minimum atomic E-state index is -4.67. The van der Waals surface area contributed by atoms with Gasteiger partial charge in [-0.15, -0.1) is 0 Å². The topological polar surface area (TPSA) is 305 Å². The summed E-state index contributed by atoms with van der Waals surface area (Å²) in [5.41, 5.74) is 0. The molecule has 0 rings (SSSR count). The molecular formula is H10Ca7O16P2S4+10. The Balaban J connectivity index is -0.00000000970. The van der Waals surface area contributed by atoms with Crippen LogP contribution in [0, 0.1) is 0 Å². The molecule has 0 unspecified atom stereocenters. The van der Waals surface area contributed by atoms with Crippen LogP contribution < -0.4 is 0 Å². The quantitative estimate of drug-likeness (QED) is 0.0629. The molecule has 29 heavy (non-hydrogen) atoms. The standard InChI is InChI=1S/7Ca.2H3O4P.2H2O4S.2S/c;;;;;;;4*1-5(2,3)4;;/h;;;;;;;2*(H3,1,2,3,4);2*(H2,1,2,3,4);;/q7*+2;;;;;2*-2. The summed E-state index contributed by atoms with van der Waals surface area (Å²) in [6, 6.07) is 0. The van der Waals surface area contributed by atoms with Gasteiger partial charge in [0.05, 0.1) is 0 Å². The predicted molar refractivity (Wildman–Crippen MR) is 112 cm³/mol. The van der Waals surface area contributed by atoms with Crippen molar-refractivity contribution in [2.24, 2.45) is 0 Å². The fraction of sp³-hybridized carbons (Fsp3) is 0. The van der Waals surface area contributed by atoms with Crippen molar-refractivity contribution in [1.29, 1.82) is 0 Å². The van der Waals surface area contributed by atoms with Gasteiger partial charge in [-0.05, 0) is 0 Å². The number of phosphoric acid groups is 2. The van der Waals surface area contributed by atoms with Gasteiger partial charge in [-0.3, -0.25) is 18.2 Å². The molecule has 0 aliphatic heterocycles. The van der Waals surface area contributed by atoms with Gasteiger partial charge < -0.3 is 56.4 Å². The van der Waals surface area contributed by atoms with Gasteiger partial charge in [-0.25, -0.2) is 9.13 Å². The molecule has 0 aromatic carbocycles. The van der Waals surface area contributed by atoms with Crippen LogP contribution in [0.3, 0.4) is 0 Å². The molecule has 0 aliphatic rings. The van der Waals surface area contributed by atoms with E-state index in [4.69, 9.17) is 73.5 Å². The molecule has 0 heterocycles. The average Bonchev–Trinajstić information content (AvgIpc) is 1.62. The van der Waals surface area contributed by atoms with Crippen molar-refractivity contribution in [2.45, 2.75) is 0 Å². The molecule has 29 heteroatoms. The summed E-state index contributed by atoms with van der Waals surface area (Å²) >= 11 is 0.